The van der Waals surface area contributed by atoms with Gasteiger partial charge in [-0.1, -0.05) is 0 Å². The lowest BCUT2D eigenvalue weighted by atomic mass is 10.1. The molecule has 2 rings (SSSR count). The van der Waals surface area contributed by atoms with Crippen molar-refractivity contribution in [3.8, 4) is 0 Å². The third-order valence-electron chi connectivity index (χ3n) is 3.37. The van der Waals surface area contributed by atoms with Gasteiger partial charge in [-0.3, -0.25) is 9.69 Å². The molecule has 1 aliphatic rings. The standard InChI is InChI=1S/C13H19NO3S3/c1-9-6-11(10(2)19-9)12(15)7-14-4-5-18-8-13(14)20(3,16)17/h6,13H,4-5,7-8H2,1-3H3. The molecule has 0 aliphatic carbocycles. The largest absolute Gasteiger partial charge is 0.293 e. The van der Waals surface area contributed by atoms with Crippen molar-refractivity contribution in [1.29, 1.82) is 0 Å². The molecule has 0 spiro atoms. The van der Waals surface area contributed by atoms with Crippen LogP contribution in [-0.4, -0.2) is 55.3 Å². The quantitative estimate of drug-likeness (QED) is 0.789. The van der Waals surface area contributed by atoms with Gasteiger partial charge in [0.1, 0.15) is 5.37 Å². The van der Waals surface area contributed by atoms with Crippen LogP contribution in [0.1, 0.15) is 20.1 Å². The SMILES string of the molecule is Cc1cc(C(=O)CN2CCSCC2S(C)(=O)=O)c(C)s1. The number of thioether (sulfide) groups is 1. The molecule has 20 heavy (non-hydrogen) atoms. The zero-order chi connectivity index (χ0) is 14.9. The number of rotatable bonds is 4. The smallest absolute Gasteiger partial charge is 0.177 e. The predicted molar refractivity (Wildman–Crippen MR) is 85.7 cm³/mol. The summed E-state index contributed by atoms with van der Waals surface area (Å²) in [6, 6.07) is 1.90. The third kappa shape index (κ3) is 3.63. The molecule has 1 aromatic heterocycles. The van der Waals surface area contributed by atoms with Gasteiger partial charge in [-0.25, -0.2) is 8.42 Å². The molecule has 1 unspecified atom stereocenters. The fraction of sp³-hybridized carbons (Fsp3) is 0.615. The van der Waals surface area contributed by atoms with Crippen LogP contribution in [0, 0.1) is 13.8 Å². The van der Waals surface area contributed by atoms with E-state index >= 15 is 0 Å². The molecule has 0 aromatic carbocycles. The molecule has 112 valence electrons. The summed E-state index contributed by atoms with van der Waals surface area (Å²) in [5, 5.41) is -0.537. The number of carbonyl (C=O) groups excluding carboxylic acids is 1. The Kier molecular flexibility index (Phi) is 4.94. The molecule has 0 bridgehead atoms. The second-order valence-electron chi connectivity index (χ2n) is 5.08. The summed E-state index contributed by atoms with van der Waals surface area (Å²) in [4.78, 5) is 16.3. The molecule has 1 atom stereocenters. The molecule has 1 aromatic rings. The fourth-order valence-corrected chi connectivity index (χ4v) is 6.25. The molecule has 1 saturated heterocycles. The number of ketones is 1. The van der Waals surface area contributed by atoms with E-state index < -0.39 is 15.2 Å². The maximum atomic E-state index is 12.4. The average Bonchev–Trinajstić information content (AvgIpc) is 2.68. The van der Waals surface area contributed by atoms with Crippen LogP contribution in [0.4, 0.5) is 0 Å². The Labute approximate surface area is 128 Å². The third-order valence-corrected chi connectivity index (χ3v) is 7.03. The van der Waals surface area contributed by atoms with Crippen LogP contribution in [0.15, 0.2) is 6.07 Å². The molecule has 0 radical (unpaired) electrons. The first-order valence-electron chi connectivity index (χ1n) is 6.40. The number of aryl methyl sites for hydroxylation is 2. The van der Waals surface area contributed by atoms with Gasteiger partial charge in [0.15, 0.2) is 15.6 Å². The van der Waals surface area contributed by atoms with E-state index in [4.69, 9.17) is 0 Å². The van der Waals surface area contributed by atoms with Crippen molar-refractivity contribution in [2.75, 3.05) is 30.9 Å². The van der Waals surface area contributed by atoms with Crippen LogP contribution >= 0.6 is 23.1 Å². The first-order valence-corrected chi connectivity index (χ1v) is 10.3. The minimum atomic E-state index is -3.15. The zero-order valence-corrected chi connectivity index (χ0v) is 14.3. The topological polar surface area (TPSA) is 54.5 Å². The molecular weight excluding hydrogens is 314 g/mol. The van der Waals surface area contributed by atoms with Crippen LogP contribution in [0.3, 0.4) is 0 Å². The van der Waals surface area contributed by atoms with Gasteiger partial charge in [0.25, 0.3) is 0 Å². The molecule has 1 fully saturated rings. The van der Waals surface area contributed by atoms with E-state index in [2.05, 4.69) is 0 Å². The summed E-state index contributed by atoms with van der Waals surface area (Å²) in [5.41, 5.74) is 0.734. The Hall–Kier alpha value is -0.370. The molecule has 0 amide bonds. The second-order valence-corrected chi connectivity index (χ2v) is 9.89. The fourth-order valence-electron chi connectivity index (χ4n) is 2.37. The minimum absolute atomic E-state index is 0.0207. The molecule has 1 aliphatic heterocycles. The van der Waals surface area contributed by atoms with E-state index in [1.807, 2.05) is 19.9 Å². The summed E-state index contributed by atoms with van der Waals surface area (Å²) < 4.78 is 23.6. The van der Waals surface area contributed by atoms with E-state index in [9.17, 15) is 13.2 Å². The van der Waals surface area contributed by atoms with E-state index in [1.165, 1.54) is 6.26 Å². The first kappa shape index (κ1) is 16.0. The van der Waals surface area contributed by atoms with E-state index in [-0.39, 0.29) is 12.3 Å². The monoisotopic (exact) mass is 333 g/mol. The number of nitrogens with zero attached hydrogens (tertiary/aromatic N) is 1. The minimum Gasteiger partial charge on any atom is -0.293 e. The number of Topliss-reactive ketones (excluding diaryl/α,β-unsaturated/α-hetero) is 1. The van der Waals surface area contributed by atoms with Gasteiger partial charge in [0.05, 0.1) is 6.54 Å². The van der Waals surface area contributed by atoms with Crippen LogP contribution in [-0.2, 0) is 9.84 Å². The van der Waals surface area contributed by atoms with Gasteiger partial charge in [-0.2, -0.15) is 11.8 Å². The lowest BCUT2D eigenvalue weighted by Gasteiger charge is -2.33. The Morgan fingerprint density at radius 1 is 1.45 bits per heavy atom. The van der Waals surface area contributed by atoms with Crippen LogP contribution in [0.25, 0.3) is 0 Å². The highest BCUT2D eigenvalue weighted by atomic mass is 32.2. The molecule has 7 heteroatoms. The van der Waals surface area contributed by atoms with Crippen molar-refractivity contribution in [3.05, 3.63) is 21.4 Å². The zero-order valence-electron chi connectivity index (χ0n) is 11.9. The number of thiophene rings is 1. The number of hydrogen-bond acceptors (Lipinski definition) is 6. The van der Waals surface area contributed by atoms with Crippen LogP contribution < -0.4 is 0 Å². The van der Waals surface area contributed by atoms with Crippen molar-refractivity contribution >= 4 is 38.7 Å². The van der Waals surface area contributed by atoms with Crippen LogP contribution in [0.5, 0.6) is 0 Å². The number of carbonyl (C=O) groups is 1. The van der Waals surface area contributed by atoms with Gasteiger partial charge < -0.3 is 0 Å². The van der Waals surface area contributed by atoms with Gasteiger partial charge in [0.2, 0.25) is 0 Å². The van der Waals surface area contributed by atoms with E-state index in [0.29, 0.717) is 12.3 Å². The Balaban J connectivity index is 2.15. The Bertz CT molecular complexity index is 606. The van der Waals surface area contributed by atoms with Crippen molar-refractivity contribution in [2.45, 2.75) is 19.2 Å². The molecule has 4 nitrogen and oxygen atoms in total. The van der Waals surface area contributed by atoms with Gasteiger partial charge in [-0.15, -0.1) is 11.3 Å². The van der Waals surface area contributed by atoms with Crippen molar-refractivity contribution < 1.29 is 13.2 Å². The molecular formula is C13H19NO3S3. The molecule has 2 heterocycles. The lowest BCUT2D eigenvalue weighted by Crippen LogP contribution is -2.48. The van der Waals surface area contributed by atoms with E-state index in [0.717, 1.165) is 21.1 Å². The first-order chi connectivity index (χ1) is 9.29. The summed E-state index contributed by atoms with van der Waals surface area (Å²) in [6.07, 6.45) is 1.25. The van der Waals surface area contributed by atoms with Crippen molar-refractivity contribution in [2.24, 2.45) is 0 Å². The highest BCUT2D eigenvalue weighted by molar-refractivity contribution is 8.00. The number of hydrogen-bond donors (Lipinski definition) is 0. The normalized spacial score (nSPS) is 21.1. The van der Waals surface area contributed by atoms with Crippen molar-refractivity contribution in [1.82, 2.24) is 4.90 Å². The number of sulfone groups is 1. The highest BCUT2D eigenvalue weighted by Gasteiger charge is 2.32. The summed E-state index contributed by atoms with van der Waals surface area (Å²) in [6.45, 7) is 4.75. The average molecular weight is 334 g/mol. The summed E-state index contributed by atoms with van der Waals surface area (Å²) >= 11 is 3.24. The van der Waals surface area contributed by atoms with Gasteiger partial charge >= 0.3 is 0 Å². The van der Waals surface area contributed by atoms with E-state index in [1.54, 1.807) is 28.0 Å². The molecule has 0 saturated carbocycles. The molecule has 0 N–H and O–H groups in total. The van der Waals surface area contributed by atoms with Crippen LogP contribution in [0.2, 0.25) is 0 Å². The Morgan fingerprint density at radius 2 is 2.15 bits per heavy atom. The lowest BCUT2D eigenvalue weighted by molar-refractivity contribution is 0.0928. The Morgan fingerprint density at radius 3 is 2.70 bits per heavy atom. The second kappa shape index (κ2) is 6.17. The maximum absolute atomic E-state index is 12.4. The highest BCUT2D eigenvalue weighted by Crippen LogP contribution is 2.24. The summed E-state index contributed by atoms with van der Waals surface area (Å²) in [5.74, 6) is 1.45. The predicted octanol–water partition coefficient (Wildman–Crippen LogP) is 1.97. The summed E-state index contributed by atoms with van der Waals surface area (Å²) in [7, 11) is -3.15. The van der Waals surface area contributed by atoms with Gasteiger partial charge in [0, 0.05) is 39.6 Å². The maximum Gasteiger partial charge on any atom is 0.177 e. The van der Waals surface area contributed by atoms with Crippen molar-refractivity contribution in [3.63, 3.8) is 0 Å². The van der Waals surface area contributed by atoms with Gasteiger partial charge in [-0.05, 0) is 19.9 Å².